The van der Waals surface area contributed by atoms with Crippen molar-refractivity contribution >= 4 is 26.9 Å². The van der Waals surface area contributed by atoms with Crippen molar-refractivity contribution in [1.82, 2.24) is 4.98 Å². The van der Waals surface area contributed by atoms with E-state index in [1.165, 1.54) is 9.88 Å². The molecular formula is C22H30N2O3S2. The quantitative estimate of drug-likeness (QED) is 0.712. The summed E-state index contributed by atoms with van der Waals surface area (Å²) in [6.07, 6.45) is 3.96. The average molecular weight is 435 g/mol. The molecule has 2 aliphatic heterocycles. The van der Waals surface area contributed by atoms with Crippen molar-refractivity contribution in [2.45, 2.75) is 57.7 Å². The molecule has 1 aromatic heterocycles. The highest BCUT2D eigenvalue weighted by Gasteiger charge is 2.40. The molecule has 0 aliphatic carbocycles. The standard InChI is InChI=1S/C22H30N2O3S2/c1-21(2)13-17(14-22(3,4)27-21)20-23-15-19(28-20)16-5-7-18(8-6-16)24-9-11-29(25,26)12-10-24/h5-8,15,17H,9-14H2,1-4H3. The number of hydrogen-bond donors (Lipinski definition) is 0. The topological polar surface area (TPSA) is 59.5 Å². The highest BCUT2D eigenvalue weighted by Crippen LogP contribution is 2.45. The van der Waals surface area contributed by atoms with E-state index in [9.17, 15) is 8.42 Å². The minimum Gasteiger partial charge on any atom is -0.370 e. The van der Waals surface area contributed by atoms with E-state index in [2.05, 4.69) is 56.9 Å². The second-order valence-electron chi connectivity index (χ2n) is 9.48. The molecule has 0 saturated carbocycles. The Kier molecular flexibility index (Phi) is 5.28. The Morgan fingerprint density at radius 3 is 2.21 bits per heavy atom. The number of aromatic nitrogens is 1. The molecule has 158 valence electrons. The Labute approximate surface area is 178 Å². The molecule has 2 saturated heterocycles. The first-order chi connectivity index (χ1) is 13.5. The normalized spacial score (nSPS) is 23.8. The molecule has 0 N–H and O–H groups in total. The summed E-state index contributed by atoms with van der Waals surface area (Å²) in [7, 11) is -2.86. The molecule has 0 bridgehead atoms. The van der Waals surface area contributed by atoms with Crippen LogP contribution >= 0.6 is 11.3 Å². The van der Waals surface area contributed by atoms with Gasteiger partial charge in [-0.2, -0.15) is 0 Å². The van der Waals surface area contributed by atoms with E-state index in [1.54, 1.807) is 11.3 Å². The highest BCUT2D eigenvalue weighted by molar-refractivity contribution is 7.91. The second-order valence-corrected chi connectivity index (χ2v) is 12.8. The number of nitrogens with zero attached hydrogens (tertiary/aromatic N) is 2. The van der Waals surface area contributed by atoms with Crippen molar-refractivity contribution in [2.75, 3.05) is 29.5 Å². The van der Waals surface area contributed by atoms with Crippen LogP contribution in [0.1, 0.15) is 51.5 Å². The molecular weight excluding hydrogens is 404 g/mol. The summed E-state index contributed by atoms with van der Waals surface area (Å²) in [6.45, 7) is 9.81. The van der Waals surface area contributed by atoms with Crippen LogP contribution in [0.25, 0.3) is 10.4 Å². The maximum Gasteiger partial charge on any atom is 0.153 e. The number of anilines is 1. The van der Waals surface area contributed by atoms with E-state index in [4.69, 9.17) is 9.72 Å². The second kappa shape index (κ2) is 7.36. The van der Waals surface area contributed by atoms with Gasteiger partial charge < -0.3 is 9.64 Å². The summed E-state index contributed by atoms with van der Waals surface area (Å²) in [6, 6.07) is 8.42. The summed E-state index contributed by atoms with van der Waals surface area (Å²) in [4.78, 5) is 8.09. The van der Waals surface area contributed by atoms with Gasteiger partial charge in [0, 0.05) is 30.9 Å². The Bertz CT molecular complexity index is 948. The van der Waals surface area contributed by atoms with E-state index in [0.717, 1.165) is 24.1 Å². The van der Waals surface area contributed by atoms with Gasteiger partial charge in [-0.25, -0.2) is 13.4 Å². The molecule has 0 amide bonds. The fourth-order valence-corrected chi connectivity index (χ4v) is 6.91. The number of ether oxygens (including phenoxy) is 1. The van der Waals surface area contributed by atoms with Gasteiger partial charge in [-0.15, -0.1) is 11.3 Å². The van der Waals surface area contributed by atoms with Crippen LogP contribution in [0.3, 0.4) is 0 Å². The van der Waals surface area contributed by atoms with Gasteiger partial charge in [-0.3, -0.25) is 0 Å². The lowest BCUT2D eigenvalue weighted by Gasteiger charge is -2.44. The van der Waals surface area contributed by atoms with Crippen LogP contribution in [-0.2, 0) is 14.6 Å². The monoisotopic (exact) mass is 434 g/mol. The lowest BCUT2D eigenvalue weighted by molar-refractivity contribution is -0.161. The number of hydrogen-bond acceptors (Lipinski definition) is 6. The van der Waals surface area contributed by atoms with Crippen molar-refractivity contribution in [3.8, 4) is 10.4 Å². The van der Waals surface area contributed by atoms with Gasteiger partial charge in [0.2, 0.25) is 0 Å². The smallest absolute Gasteiger partial charge is 0.153 e. The fourth-order valence-electron chi connectivity index (χ4n) is 4.68. The van der Waals surface area contributed by atoms with E-state index >= 15 is 0 Å². The van der Waals surface area contributed by atoms with Crippen molar-refractivity contribution in [1.29, 1.82) is 0 Å². The molecule has 7 heteroatoms. The van der Waals surface area contributed by atoms with Gasteiger partial charge >= 0.3 is 0 Å². The molecule has 0 spiro atoms. The summed E-state index contributed by atoms with van der Waals surface area (Å²) >= 11 is 1.78. The Morgan fingerprint density at radius 2 is 1.62 bits per heavy atom. The molecule has 3 heterocycles. The third kappa shape index (κ3) is 4.84. The fraction of sp³-hybridized carbons (Fsp3) is 0.591. The first-order valence-corrected chi connectivity index (χ1v) is 12.9. The summed E-state index contributed by atoms with van der Waals surface area (Å²) in [5.41, 5.74) is 1.97. The van der Waals surface area contributed by atoms with Crippen LogP contribution in [0.4, 0.5) is 5.69 Å². The van der Waals surface area contributed by atoms with Gasteiger partial charge in [-0.05, 0) is 58.2 Å². The van der Waals surface area contributed by atoms with Crippen molar-refractivity contribution in [2.24, 2.45) is 0 Å². The summed E-state index contributed by atoms with van der Waals surface area (Å²) in [5, 5.41) is 1.19. The van der Waals surface area contributed by atoms with E-state index < -0.39 is 9.84 Å². The molecule has 2 aliphatic rings. The summed E-state index contributed by atoms with van der Waals surface area (Å²) in [5.74, 6) is 0.900. The maximum atomic E-state index is 11.6. The average Bonchev–Trinajstić information content (AvgIpc) is 3.09. The minimum atomic E-state index is -2.86. The predicted octanol–water partition coefficient (Wildman–Crippen LogP) is 4.50. The lowest BCUT2D eigenvalue weighted by Crippen LogP contribution is -2.44. The molecule has 2 aromatic rings. The molecule has 0 unspecified atom stereocenters. The van der Waals surface area contributed by atoms with Crippen molar-refractivity contribution < 1.29 is 13.2 Å². The zero-order chi connectivity index (χ0) is 20.9. The summed E-state index contributed by atoms with van der Waals surface area (Å²) < 4.78 is 29.5. The Hall–Kier alpha value is -1.44. The third-order valence-electron chi connectivity index (χ3n) is 5.76. The molecule has 5 nitrogen and oxygen atoms in total. The first-order valence-electron chi connectivity index (χ1n) is 10.2. The minimum absolute atomic E-state index is 0.137. The third-order valence-corrected chi connectivity index (χ3v) is 8.58. The van der Waals surface area contributed by atoms with Crippen LogP contribution in [-0.4, -0.2) is 49.2 Å². The van der Waals surface area contributed by atoms with Crippen molar-refractivity contribution in [3.05, 3.63) is 35.5 Å². The van der Waals surface area contributed by atoms with Crippen LogP contribution in [0, 0.1) is 0 Å². The number of rotatable bonds is 3. The van der Waals surface area contributed by atoms with E-state index in [0.29, 0.717) is 19.0 Å². The molecule has 0 atom stereocenters. The first kappa shape index (κ1) is 20.8. The van der Waals surface area contributed by atoms with E-state index in [-0.39, 0.29) is 22.7 Å². The lowest BCUT2D eigenvalue weighted by atomic mass is 9.81. The van der Waals surface area contributed by atoms with Gasteiger partial charge in [0.1, 0.15) is 0 Å². The van der Waals surface area contributed by atoms with Crippen LogP contribution in [0.5, 0.6) is 0 Å². The van der Waals surface area contributed by atoms with E-state index in [1.807, 2.05) is 6.20 Å². The Morgan fingerprint density at radius 1 is 1.03 bits per heavy atom. The SMILES string of the molecule is CC1(C)CC(c2ncc(-c3ccc(N4CCS(=O)(=O)CC4)cc3)s2)CC(C)(C)O1. The maximum absolute atomic E-state index is 11.6. The molecule has 29 heavy (non-hydrogen) atoms. The zero-order valence-electron chi connectivity index (χ0n) is 17.6. The number of sulfone groups is 1. The molecule has 4 rings (SSSR count). The van der Waals surface area contributed by atoms with Gasteiger partial charge in [0.25, 0.3) is 0 Å². The van der Waals surface area contributed by atoms with Gasteiger partial charge in [0.15, 0.2) is 9.84 Å². The largest absolute Gasteiger partial charge is 0.370 e. The highest BCUT2D eigenvalue weighted by atomic mass is 32.2. The Balaban J connectivity index is 1.48. The van der Waals surface area contributed by atoms with Crippen LogP contribution in [0.15, 0.2) is 30.5 Å². The van der Waals surface area contributed by atoms with Gasteiger partial charge in [-0.1, -0.05) is 12.1 Å². The molecule has 2 fully saturated rings. The molecule has 1 aromatic carbocycles. The van der Waals surface area contributed by atoms with Crippen LogP contribution in [0.2, 0.25) is 0 Å². The van der Waals surface area contributed by atoms with Gasteiger partial charge in [0.05, 0.1) is 32.6 Å². The number of thiazole rings is 1. The predicted molar refractivity (Wildman–Crippen MR) is 120 cm³/mol. The molecule has 0 radical (unpaired) electrons. The zero-order valence-corrected chi connectivity index (χ0v) is 19.3. The van der Waals surface area contributed by atoms with Crippen LogP contribution < -0.4 is 4.90 Å². The van der Waals surface area contributed by atoms with Crippen molar-refractivity contribution in [3.63, 3.8) is 0 Å². The number of benzene rings is 1.